The van der Waals surface area contributed by atoms with Gasteiger partial charge in [0, 0.05) is 53.9 Å². The topological polar surface area (TPSA) is 48.2 Å². The molecular formula is C53H30N4OS. The van der Waals surface area contributed by atoms with Gasteiger partial charge in [-0.25, -0.2) is 14.8 Å². The quantitative estimate of drug-likeness (QED) is 0.164. The standard InChI is InChI=1S/C53H30N4OS/c1-54-36-25-27-43-42(31-36)47-44(28-26-38-37-21-11-13-23-45(37)58-51(38)47)57(43)50-40(32-15-5-2-6-16-32)29-35(30-41(50)33-17-7-3-8-18-33)48-52-49(39-22-12-14-24-46(39)59-52)56-53(55-48)34-19-9-4-10-20-34/h2-31H. The molecule has 0 N–H and O–H groups in total. The molecule has 0 aliphatic rings. The van der Waals surface area contributed by atoms with Crippen LogP contribution in [0, 0.1) is 6.57 Å². The summed E-state index contributed by atoms with van der Waals surface area (Å²) in [7, 11) is 0. The summed E-state index contributed by atoms with van der Waals surface area (Å²) in [5, 5.41) is 5.19. The number of rotatable bonds is 5. The second-order valence-corrected chi connectivity index (χ2v) is 15.8. The lowest BCUT2D eigenvalue weighted by Gasteiger charge is -2.21. The molecule has 0 unspecified atom stereocenters. The summed E-state index contributed by atoms with van der Waals surface area (Å²) < 4.78 is 11.3. The zero-order valence-corrected chi connectivity index (χ0v) is 32.2. The van der Waals surface area contributed by atoms with E-state index in [1.54, 1.807) is 11.3 Å². The molecule has 12 rings (SSSR count). The summed E-state index contributed by atoms with van der Waals surface area (Å²) in [5.41, 5.74) is 13.3. The minimum Gasteiger partial charge on any atom is -0.455 e. The Balaban J connectivity index is 1.25. The van der Waals surface area contributed by atoms with Gasteiger partial charge < -0.3 is 8.98 Å². The van der Waals surface area contributed by atoms with E-state index in [2.05, 4.69) is 149 Å². The van der Waals surface area contributed by atoms with Crippen molar-refractivity contribution in [2.45, 2.75) is 0 Å². The van der Waals surface area contributed by atoms with E-state index < -0.39 is 0 Å². The van der Waals surface area contributed by atoms with E-state index in [1.165, 1.54) is 4.70 Å². The maximum atomic E-state index is 7.99. The second-order valence-electron chi connectivity index (χ2n) is 14.8. The summed E-state index contributed by atoms with van der Waals surface area (Å²) in [6.45, 7) is 7.99. The summed E-state index contributed by atoms with van der Waals surface area (Å²) in [5.74, 6) is 0.691. The van der Waals surface area contributed by atoms with Crippen molar-refractivity contribution in [3.05, 3.63) is 193 Å². The molecule has 5 nitrogen and oxygen atoms in total. The van der Waals surface area contributed by atoms with Crippen molar-refractivity contribution in [2.75, 3.05) is 0 Å². The third kappa shape index (κ3) is 5.16. The Morgan fingerprint density at radius 2 is 1.15 bits per heavy atom. The monoisotopic (exact) mass is 770 g/mol. The number of fused-ring (bicyclic) bond motifs is 10. The fourth-order valence-corrected chi connectivity index (χ4v) is 9.93. The molecule has 4 aromatic heterocycles. The Morgan fingerprint density at radius 1 is 0.525 bits per heavy atom. The van der Waals surface area contributed by atoms with Crippen LogP contribution >= 0.6 is 11.3 Å². The number of aromatic nitrogens is 3. The highest BCUT2D eigenvalue weighted by Gasteiger charge is 2.26. The first-order chi connectivity index (χ1) is 29.2. The Hall–Kier alpha value is -7.85. The highest BCUT2D eigenvalue weighted by atomic mass is 32.1. The summed E-state index contributed by atoms with van der Waals surface area (Å²) in [4.78, 5) is 14.5. The van der Waals surface area contributed by atoms with Crippen molar-refractivity contribution < 1.29 is 4.42 Å². The lowest BCUT2D eigenvalue weighted by molar-refractivity contribution is 0.673. The van der Waals surface area contributed by atoms with Crippen LogP contribution in [0.2, 0.25) is 0 Å². The number of nitrogens with zero attached hydrogens (tertiary/aromatic N) is 4. The Bertz CT molecular complexity index is 3610. The highest BCUT2D eigenvalue weighted by molar-refractivity contribution is 7.26. The van der Waals surface area contributed by atoms with E-state index in [0.29, 0.717) is 11.5 Å². The third-order valence-corrected chi connectivity index (χ3v) is 12.6. The fourth-order valence-electron chi connectivity index (χ4n) is 8.78. The average Bonchev–Trinajstić information content (AvgIpc) is 3.98. The normalized spacial score (nSPS) is 11.7. The summed E-state index contributed by atoms with van der Waals surface area (Å²) >= 11 is 1.74. The number of thiophene rings is 1. The Morgan fingerprint density at radius 3 is 1.86 bits per heavy atom. The van der Waals surface area contributed by atoms with Crippen molar-refractivity contribution in [2.24, 2.45) is 0 Å². The first-order valence-electron chi connectivity index (χ1n) is 19.5. The van der Waals surface area contributed by atoms with Crippen molar-refractivity contribution in [3.63, 3.8) is 0 Å². The van der Waals surface area contributed by atoms with Crippen LogP contribution in [0.3, 0.4) is 0 Å². The van der Waals surface area contributed by atoms with Crippen LogP contribution in [0.4, 0.5) is 5.69 Å². The average molecular weight is 771 g/mol. The number of para-hydroxylation sites is 1. The van der Waals surface area contributed by atoms with Crippen LogP contribution < -0.4 is 0 Å². The molecule has 0 aliphatic carbocycles. The molecule has 0 saturated carbocycles. The number of benzene rings is 8. The van der Waals surface area contributed by atoms with E-state index in [9.17, 15) is 0 Å². The molecule has 4 heterocycles. The molecule has 12 aromatic rings. The molecule has 0 radical (unpaired) electrons. The molecule has 0 bridgehead atoms. The van der Waals surface area contributed by atoms with E-state index >= 15 is 0 Å². The lowest BCUT2D eigenvalue weighted by atomic mass is 9.91. The van der Waals surface area contributed by atoms with E-state index in [0.717, 1.165) is 104 Å². The second kappa shape index (κ2) is 13.1. The van der Waals surface area contributed by atoms with Crippen LogP contribution in [-0.4, -0.2) is 14.5 Å². The van der Waals surface area contributed by atoms with Gasteiger partial charge in [-0.2, -0.15) is 0 Å². The zero-order chi connectivity index (χ0) is 39.0. The van der Waals surface area contributed by atoms with Gasteiger partial charge in [0.15, 0.2) is 11.5 Å². The largest absolute Gasteiger partial charge is 0.455 e. The van der Waals surface area contributed by atoms with E-state index in [1.807, 2.05) is 42.5 Å². The van der Waals surface area contributed by atoms with Crippen molar-refractivity contribution in [1.82, 2.24) is 14.5 Å². The molecule has 8 aromatic carbocycles. The van der Waals surface area contributed by atoms with Gasteiger partial charge in [-0.05, 0) is 59.7 Å². The van der Waals surface area contributed by atoms with Gasteiger partial charge in [0.05, 0.1) is 39.2 Å². The zero-order valence-electron chi connectivity index (χ0n) is 31.4. The van der Waals surface area contributed by atoms with Gasteiger partial charge >= 0.3 is 0 Å². The van der Waals surface area contributed by atoms with E-state index in [-0.39, 0.29) is 0 Å². The van der Waals surface area contributed by atoms with Gasteiger partial charge in [0.25, 0.3) is 0 Å². The number of hydrogen-bond donors (Lipinski definition) is 0. The van der Waals surface area contributed by atoms with Crippen LogP contribution in [-0.2, 0) is 0 Å². The van der Waals surface area contributed by atoms with Gasteiger partial charge in [0.1, 0.15) is 11.2 Å². The molecule has 0 saturated heterocycles. The Labute approximate surface area is 342 Å². The number of furan rings is 1. The maximum Gasteiger partial charge on any atom is 0.188 e. The van der Waals surface area contributed by atoms with Gasteiger partial charge in [0.2, 0.25) is 0 Å². The first kappa shape index (κ1) is 33.3. The van der Waals surface area contributed by atoms with Crippen LogP contribution in [0.15, 0.2) is 186 Å². The predicted molar refractivity (Wildman–Crippen MR) is 245 cm³/mol. The molecule has 59 heavy (non-hydrogen) atoms. The van der Waals surface area contributed by atoms with Crippen LogP contribution in [0.5, 0.6) is 0 Å². The first-order valence-corrected chi connectivity index (χ1v) is 20.3. The molecular weight excluding hydrogens is 741 g/mol. The van der Waals surface area contributed by atoms with Crippen molar-refractivity contribution in [3.8, 4) is 50.6 Å². The van der Waals surface area contributed by atoms with Crippen LogP contribution in [0.25, 0.3) is 119 Å². The molecule has 0 amide bonds. The maximum absolute atomic E-state index is 7.99. The van der Waals surface area contributed by atoms with Gasteiger partial charge in [-0.15, -0.1) is 11.3 Å². The third-order valence-electron chi connectivity index (χ3n) is 11.4. The molecule has 0 atom stereocenters. The van der Waals surface area contributed by atoms with E-state index in [4.69, 9.17) is 21.0 Å². The minimum atomic E-state index is 0.580. The molecule has 0 aliphatic heterocycles. The van der Waals surface area contributed by atoms with Crippen molar-refractivity contribution in [1.29, 1.82) is 0 Å². The summed E-state index contributed by atoms with van der Waals surface area (Å²) in [6, 6.07) is 63.2. The molecule has 6 heteroatoms. The summed E-state index contributed by atoms with van der Waals surface area (Å²) in [6.07, 6.45) is 0. The smallest absolute Gasteiger partial charge is 0.188 e. The van der Waals surface area contributed by atoms with Crippen molar-refractivity contribution >= 4 is 81.1 Å². The lowest BCUT2D eigenvalue weighted by Crippen LogP contribution is -2.02. The Kier molecular flexibility index (Phi) is 7.40. The number of hydrogen-bond acceptors (Lipinski definition) is 4. The van der Waals surface area contributed by atoms with Gasteiger partial charge in [-0.1, -0.05) is 133 Å². The minimum absolute atomic E-state index is 0.580. The molecule has 0 spiro atoms. The fraction of sp³-hybridized carbons (Fsp3) is 0. The SMILES string of the molecule is [C-]#[N+]c1ccc2c(c1)c1c3oc4ccccc4c3ccc1n2-c1c(-c2ccccc2)cc(-c2nc(-c3ccccc3)nc3c2sc2ccccc23)cc1-c1ccccc1. The predicted octanol–water partition coefficient (Wildman–Crippen LogP) is 15.1. The molecule has 0 fully saturated rings. The highest BCUT2D eigenvalue weighted by Crippen LogP contribution is 2.48. The molecule has 274 valence electrons. The van der Waals surface area contributed by atoms with Crippen LogP contribution in [0.1, 0.15) is 0 Å². The van der Waals surface area contributed by atoms with Gasteiger partial charge in [-0.3, -0.25) is 0 Å².